The van der Waals surface area contributed by atoms with Crippen molar-refractivity contribution in [3.05, 3.63) is 0 Å². The number of rotatable bonds is 1. The second-order valence-electron chi connectivity index (χ2n) is 4.63. The lowest BCUT2D eigenvalue weighted by atomic mass is 9.90. The lowest BCUT2D eigenvalue weighted by Gasteiger charge is -2.14. The molecular weight excluding hydrogens is 136 g/mol. The fourth-order valence-corrected chi connectivity index (χ4v) is 2.81. The van der Waals surface area contributed by atoms with Crippen molar-refractivity contribution in [2.75, 3.05) is 0 Å². The summed E-state index contributed by atoms with van der Waals surface area (Å²) < 4.78 is 0. The number of carbonyl (C=O) groups excluding carboxylic acids is 1. The van der Waals surface area contributed by atoms with Crippen molar-refractivity contribution in [1.82, 2.24) is 0 Å². The summed E-state index contributed by atoms with van der Waals surface area (Å²) in [5.74, 6) is 2.34. The summed E-state index contributed by atoms with van der Waals surface area (Å²) in [5.41, 5.74) is 0.455. The Hall–Kier alpha value is -0.330. The normalized spacial score (nSPS) is 48.2. The van der Waals surface area contributed by atoms with E-state index in [4.69, 9.17) is 0 Å². The summed E-state index contributed by atoms with van der Waals surface area (Å²) in [5, 5.41) is 0. The van der Waals surface area contributed by atoms with Crippen LogP contribution >= 0.6 is 0 Å². The van der Waals surface area contributed by atoms with Crippen LogP contribution < -0.4 is 0 Å². The Morgan fingerprint density at radius 3 is 2.45 bits per heavy atom. The summed E-state index contributed by atoms with van der Waals surface area (Å²) in [6.07, 6.45) is 2.19. The maximum atomic E-state index is 11.3. The molecule has 1 nitrogen and oxygen atoms in total. The van der Waals surface area contributed by atoms with E-state index in [0.717, 1.165) is 12.3 Å². The van der Waals surface area contributed by atoms with Crippen LogP contribution in [0.3, 0.4) is 0 Å². The van der Waals surface area contributed by atoms with Crippen molar-refractivity contribution >= 4 is 5.78 Å². The molecule has 0 aromatic carbocycles. The largest absolute Gasteiger partial charge is 0.299 e. The van der Waals surface area contributed by atoms with Crippen LogP contribution in [0.5, 0.6) is 0 Å². The first-order valence-electron chi connectivity index (χ1n) is 4.60. The highest BCUT2D eigenvalue weighted by molar-refractivity contribution is 5.86. The van der Waals surface area contributed by atoms with Gasteiger partial charge in [0.05, 0.1) is 0 Å². The second kappa shape index (κ2) is 1.88. The molecule has 0 saturated heterocycles. The first-order valence-corrected chi connectivity index (χ1v) is 4.60. The lowest BCUT2D eigenvalue weighted by Crippen LogP contribution is -2.10. The smallest absolute Gasteiger partial charge is 0.136 e. The van der Waals surface area contributed by atoms with Crippen LogP contribution in [0.15, 0.2) is 0 Å². The number of hydrogen-bond donors (Lipinski definition) is 0. The average molecular weight is 152 g/mol. The summed E-state index contributed by atoms with van der Waals surface area (Å²) in [6, 6.07) is 0. The van der Waals surface area contributed by atoms with Gasteiger partial charge in [0.15, 0.2) is 0 Å². The molecule has 0 aliphatic heterocycles. The highest BCUT2D eigenvalue weighted by atomic mass is 16.1. The van der Waals surface area contributed by atoms with Crippen LogP contribution in [0.4, 0.5) is 0 Å². The molecule has 0 heterocycles. The van der Waals surface area contributed by atoms with Gasteiger partial charge in [-0.1, -0.05) is 20.8 Å². The maximum absolute atomic E-state index is 11.3. The Morgan fingerprint density at radius 1 is 1.55 bits per heavy atom. The fraction of sp³-hybridized carbons (Fsp3) is 0.900. The highest BCUT2D eigenvalue weighted by Crippen LogP contribution is 2.68. The Labute approximate surface area is 68.2 Å². The Kier molecular flexibility index (Phi) is 1.25. The van der Waals surface area contributed by atoms with Gasteiger partial charge in [-0.2, -0.15) is 0 Å². The van der Waals surface area contributed by atoms with Crippen molar-refractivity contribution in [3.8, 4) is 0 Å². The maximum Gasteiger partial charge on any atom is 0.136 e. The minimum atomic E-state index is 0.373. The molecule has 62 valence electrons. The zero-order valence-electron chi connectivity index (χ0n) is 7.55. The van der Waals surface area contributed by atoms with E-state index >= 15 is 0 Å². The first-order chi connectivity index (χ1) is 5.08. The molecule has 0 spiro atoms. The van der Waals surface area contributed by atoms with Crippen LogP contribution in [0.25, 0.3) is 0 Å². The quantitative estimate of drug-likeness (QED) is 0.563. The van der Waals surface area contributed by atoms with E-state index in [2.05, 4.69) is 20.8 Å². The van der Waals surface area contributed by atoms with Crippen LogP contribution in [0, 0.1) is 23.2 Å². The lowest BCUT2D eigenvalue weighted by molar-refractivity contribution is -0.121. The van der Waals surface area contributed by atoms with Crippen molar-refractivity contribution in [2.24, 2.45) is 23.2 Å². The summed E-state index contributed by atoms with van der Waals surface area (Å²) in [6.45, 7) is 6.61. The molecule has 1 heteroatoms. The van der Waals surface area contributed by atoms with E-state index in [-0.39, 0.29) is 0 Å². The first kappa shape index (κ1) is 7.33. The molecule has 0 N–H and O–H groups in total. The van der Waals surface area contributed by atoms with Crippen molar-refractivity contribution < 1.29 is 4.79 Å². The molecule has 11 heavy (non-hydrogen) atoms. The van der Waals surface area contributed by atoms with Gasteiger partial charge in [-0.25, -0.2) is 0 Å². The molecule has 0 bridgehead atoms. The molecule has 2 rings (SSSR count). The molecule has 2 aliphatic rings. The van der Waals surface area contributed by atoms with Gasteiger partial charge >= 0.3 is 0 Å². The third-order valence-corrected chi connectivity index (χ3v) is 3.94. The number of carbonyl (C=O) groups is 1. The Bertz CT molecular complexity index is 207. The Balaban J connectivity index is 2.20. The standard InChI is InChI=1S/C10H16O/c1-6(2)10-4-8(10)7(3)9(11)5-10/h6-8H,4-5H2,1-3H3/t7-,8-,10+/m0/s1. The van der Waals surface area contributed by atoms with Gasteiger partial charge in [0.1, 0.15) is 5.78 Å². The van der Waals surface area contributed by atoms with Gasteiger partial charge in [-0.3, -0.25) is 4.79 Å². The predicted molar refractivity (Wildman–Crippen MR) is 44.2 cm³/mol. The number of fused-ring (bicyclic) bond motifs is 1. The van der Waals surface area contributed by atoms with Crippen LogP contribution in [-0.4, -0.2) is 5.78 Å². The molecule has 2 saturated carbocycles. The molecule has 0 aromatic rings. The highest BCUT2D eigenvalue weighted by Gasteiger charge is 2.64. The molecule has 0 radical (unpaired) electrons. The SMILES string of the molecule is CC(C)[C@@]12CC(=O)[C@@H](C)[C@@H]1C2. The zero-order valence-corrected chi connectivity index (χ0v) is 7.55. The second-order valence-corrected chi connectivity index (χ2v) is 4.63. The van der Waals surface area contributed by atoms with Crippen LogP contribution in [-0.2, 0) is 4.79 Å². The van der Waals surface area contributed by atoms with Crippen molar-refractivity contribution in [3.63, 3.8) is 0 Å². The van der Waals surface area contributed by atoms with E-state index in [1.54, 1.807) is 0 Å². The van der Waals surface area contributed by atoms with Gasteiger partial charge in [0.2, 0.25) is 0 Å². The predicted octanol–water partition coefficient (Wildman–Crippen LogP) is 2.26. The molecule has 0 aromatic heterocycles. The van der Waals surface area contributed by atoms with E-state index in [1.165, 1.54) is 6.42 Å². The van der Waals surface area contributed by atoms with Gasteiger partial charge in [-0.05, 0) is 23.7 Å². The third-order valence-electron chi connectivity index (χ3n) is 3.94. The Morgan fingerprint density at radius 2 is 2.18 bits per heavy atom. The third kappa shape index (κ3) is 0.743. The van der Waals surface area contributed by atoms with Crippen LogP contribution in [0.1, 0.15) is 33.6 Å². The molecule has 0 unspecified atom stereocenters. The molecule has 2 aliphatic carbocycles. The monoisotopic (exact) mass is 152 g/mol. The summed E-state index contributed by atoms with van der Waals surface area (Å²) in [7, 11) is 0. The van der Waals surface area contributed by atoms with Crippen LogP contribution in [0.2, 0.25) is 0 Å². The van der Waals surface area contributed by atoms with Crippen molar-refractivity contribution in [1.29, 1.82) is 0 Å². The van der Waals surface area contributed by atoms with Crippen molar-refractivity contribution in [2.45, 2.75) is 33.6 Å². The topological polar surface area (TPSA) is 17.1 Å². The van der Waals surface area contributed by atoms with Gasteiger partial charge in [-0.15, -0.1) is 0 Å². The molecule has 2 fully saturated rings. The van der Waals surface area contributed by atoms with E-state index in [0.29, 0.717) is 23.0 Å². The van der Waals surface area contributed by atoms with E-state index < -0.39 is 0 Å². The minimum Gasteiger partial charge on any atom is -0.299 e. The zero-order chi connectivity index (χ0) is 8.22. The molecular formula is C10H16O. The summed E-state index contributed by atoms with van der Waals surface area (Å²) >= 11 is 0. The average Bonchev–Trinajstić information content (AvgIpc) is 2.57. The van der Waals surface area contributed by atoms with E-state index in [1.807, 2.05) is 0 Å². The molecule has 3 atom stereocenters. The fourth-order valence-electron chi connectivity index (χ4n) is 2.81. The van der Waals surface area contributed by atoms with E-state index in [9.17, 15) is 4.79 Å². The number of Topliss-reactive ketones (excluding diaryl/α,β-unsaturated/α-hetero) is 1. The number of hydrogen-bond acceptors (Lipinski definition) is 1. The molecule has 0 amide bonds. The van der Waals surface area contributed by atoms with Gasteiger partial charge in [0.25, 0.3) is 0 Å². The van der Waals surface area contributed by atoms with Gasteiger partial charge < -0.3 is 0 Å². The summed E-state index contributed by atoms with van der Waals surface area (Å²) in [4.78, 5) is 11.3. The van der Waals surface area contributed by atoms with Gasteiger partial charge in [0, 0.05) is 12.3 Å². The number of ketones is 1. The minimum absolute atomic E-state index is 0.373.